The lowest BCUT2D eigenvalue weighted by Gasteiger charge is -2.05. The van der Waals surface area contributed by atoms with E-state index in [0.717, 1.165) is 10.6 Å². The van der Waals surface area contributed by atoms with Gasteiger partial charge in [-0.3, -0.25) is 0 Å². The van der Waals surface area contributed by atoms with Crippen LogP contribution in [0.2, 0.25) is 0 Å². The van der Waals surface area contributed by atoms with E-state index in [1.807, 2.05) is 24.3 Å². The highest BCUT2D eigenvalue weighted by molar-refractivity contribution is 7.80. The smallest absolute Gasteiger partial charge is 0.122 e. The molecule has 2 nitrogen and oxygen atoms in total. The second-order valence-corrected chi connectivity index (χ2v) is 2.90. The molecule has 0 aliphatic rings. The summed E-state index contributed by atoms with van der Waals surface area (Å²) >= 11 is 4.16. The lowest BCUT2D eigenvalue weighted by atomic mass is 10.3. The normalized spacial score (nSPS) is 9.31. The van der Waals surface area contributed by atoms with Gasteiger partial charge < -0.3 is 9.47 Å². The Morgan fingerprint density at radius 3 is 2.54 bits per heavy atom. The molecular weight excluding hydrogens is 184 g/mol. The molecule has 0 spiro atoms. The van der Waals surface area contributed by atoms with Crippen molar-refractivity contribution in [1.29, 1.82) is 0 Å². The van der Waals surface area contributed by atoms with Gasteiger partial charge in [0.1, 0.15) is 19.0 Å². The quantitative estimate of drug-likeness (QED) is 0.443. The number of benzene rings is 1. The molecule has 1 aromatic carbocycles. The van der Waals surface area contributed by atoms with E-state index >= 15 is 0 Å². The van der Waals surface area contributed by atoms with E-state index in [1.54, 1.807) is 0 Å². The van der Waals surface area contributed by atoms with Gasteiger partial charge in [0.15, 0.2) is 0 Å². The molecule has 1 aromatic rings. The summed E-state index contributed by atoms with van der Waals surface area (Å²) < 4.78 is 10.3. The minimum Gasteiger partial charge on any atom is -0.498 e. The number of thiol groups is 1. The van der Waals surface area contributed by atoms with Crippen LogP contribution in [0.15, 0.2) is 42.0 Å². The summed E-state index contributed by atoms with van der Waals surface area (Å²) in [5, 5.41) is 0. The number of hydrogen-bond acceptors (Lipinski definition) is 3. The maximum atomic E-state index is 5.36. The minimum atomic E-state index is 0.520. The van der Waals surface area contributed by atoms with E-state index < -0.39 is 0 Å². The molecule has 0 aliphatic heterocycles. The molecule has 0 N–H and O–H groups in total. The molecule has 0 saturated heterocycles. The Morgan fingerprint density at radius 1 is 1.23 bits per heavy atom. The zero-order valence-corrected chi connectivity index (χ0v) is 8.17. The van der Waals surface area contributed by atoms with E-state index in [-0.39, 0.29) is 0 Å². The monoisotopic (exact) mass is 196 g/mol. The molecule has 0 bridgehead atoms. The Morgan fingerprint density at radius 2 is 1.92 bits per heavy atom. The van der Waals surface area contributed by atoms with Crippen molar-refractivity contribution in [3.8, 4) is 5.75 Å². The third kappa shape index (κ3) is 3.90. The molecule has 70 valence electrons. The molecule has 0 aromatic heterocycles. The van der Waals surface area contributed by atoms with Crippen LogP contribution in [0.1, 0.15) is 0 Å². The predicted molar refractivity (Wildman–Crippen MR) is 55.3 cm³/mol. The lowest BCUT2D eigenvalue weighted by molar-refractivity contribution is 0.179. The SMILES string of the molecule is C=COCCOc1ccc(S)cc1. The van der Waals surface area contributed by atoms with Gasteiger partial charge >= 0.3 is 0 Å². The van der Waals surface area contributed by atoms with Crippen molar-refractivity contribution < 1.29 is 9.47 Å². The highest BCUT2D eigenvalue weighted by atomic mass is 32.1. The highest BCUT2D eigenvalue weighted by Gasteiger charge is 1.91. The van der Waals surface area contributed by atoms with E-state index in [2.05, 4.69) is 19.2 Å². The third-order valence-corrected chi connectivity index (χ3v) is 1.72. The first-order valence-electron chi connectivity index (χ1n) is 3.97. The molecule has 1 rings (SSSR count). The maximum Gasteiger partial charge on any atom is 0.122 e. The second-order valence-electron chi connectivity index (χ2n) is 2.38. The Labute approximate surface area is 83.6 Å². The zero-order valence-electron chi connectivity index (χ0n) is 7.27. The van der Waals surface area contributed by atoms with Gasteiger partial charge in [-0.25, -0.2) is 0 Å². The van der Waals surface area contributed by atoms with Gasteiger partial charge in [-0.05, 0) is 24.3 Å². The van der Waals surface area contributed by atoms with Crippen LogP contribution in [-0.2, 0) is 4.74 Å². The largest absolute Gasteiger partial charge is 0.498 e. The van der Waals surface area contributed by atoms with Crippen molar-refractivity contribution in [2.75, 3.05) is 13.2 Å². The van der Waals surface area contributed by atoms with Crippen molar-refractivity contribution in [2.45, 2.75) is 4.90 Å². The van der Waals surface area contributed by atoms with Crippen LogP contribution in [0.4, 0.5) is 0 Å². The van der Waals surface area contributed by atoms with Crippen molar-refractivity contribution in [3.05, 3.63) is 37.1 Å². The van der Waals surface area contributed by atoms with Crippen LogP contribution < -0.4 is 4.74 Å². The molecule has 0 unspecified atom stereocenters. The molecule has 3 heteroatoms. The topological polar surface area (TPSA) is 18.5 Å². The van der Waals surface area contributed by atoms with Crippen LogP contribution in [0.5, 0.6) is 5.75 Å². The fraction of sp³-hybridized carbons (Fsp3) is 0.200. The summed E-state index contributed by atoms with van der Waals surface area (Å²) in [6.45, 7) is 4.47. The van der Waals surface area contributed by atoms with E-state index in [4.69, 9.17) is 9.47 Å². The molecule has 0 fully saturated rings. The molecule has 0 aliphatic carbocycles. The van der Waals surface area contributed by atoms with Crippen molar-refractivity contribution in [1.82, 2.24) is 0 Å². The maximum absolute atomic E-state index is 5.36. The number of rotatable bonds is 5. The first-order chi connectivity index (χ1) is 6.33. The van der Waals surface area contributed by atoms with Gasteiger partial charge in [0.05, 0.1) is 6.26 Å². The highest BCUT2D eigenvalue weighted by Crippen LogP contribution is 2.13. The fourth-order valence-electron chi connectivity index (χ4n) is 0.833. The predicted octanol–water partition coefficient (Wildman–Crippen LogP) is 2.51. The van der Waals surface area contributed by atoms with Gasteiger partial charge in [0.25, 0.3) is 0 Å². The summed E-state index contributed by atoms with van der Waals surface area (Å²) in [5.74, 6) is 0.825. The second kappa shape index (κ2) is 5.54. The first kappa shape index (κ1) is 9.99. The molecule has 0 saturated carbocycles. The van der Waals surface area contributed by atoms with Crippen LogP contribution in [0, 0.1) is 0 Å². The number of hydrogen-bond donors (Lipinski definition) is 1. The molecular formula is C10H12O2S. The van der Waals surface area contributed by atoms with Gasteiger partial charge in [0, 0.05) is 4.90 Å². The minimum absolute atomic E-state index is 0.520. The zero-order chi connectivity index (χ0) is 9.52. The van der Waals surface area contributed by atoms with E-state index in [0.29, 0.717) is 13.2 Å². The molecule has 13 heavy (non-hydrogen) atoms. The van der Waals surface area contributed by atoms with Crippen molar-refractivity contribution >= 4 is 12.6 Å². The van der Waals surface area contributed by atoms with E-state index in [1.165, 1.54) is 6.26 Å². The van der Waals surface area contributed by atoms with Crippen molar-refractivity contribution in [2.24, 2.45) is 0 Å². The molecule has 0 atom stereocenters. The Kier molecular flexibility index (Phi) is 4.26. The molecule has 0 radical (unpaired) electrons. The summed E-state index contributed by atoms with van der Waals surface area (Å²) in [4.78, 5) is 0.926. The molecule has 0 heterocycles. The molecule has 0 amide bonds. The number of ether oxygens (including phenoxy) is 2. The average Bonchev–Trinajstić information content (AvgIpc) is 2.15. The average molecular weight is 196 g/mol. The summed E-state index contributed by atoms with van der Waals surface area (Å²) in [6, 6.07) is 7.51. The van der Waals surface area contributed by atoms with Gasteiger partial charge in [0.2, 0.25) is 0 Å². The van der Waals surface area contributed by atoms with Crippen molar-refractivity contribution in [3.63, 3.8) is 0 Å². The summed E-state index contributed by atoms with van der Waals surface area (Å²) in [6.07, 6.45) is 1.40. The third-order valence-electron chi connectivity index (χ3n) is 1.42. The Hall–Kier alpha value is -1.09. The first-order valence-corrected chi connectivity index (χ1v) is 4.42. The van der Waals surface area contributed by atoms with Crippen LogP contribution in [-0.4, -0.2) is 13.2 Å². The fourth-order valence-corrected chi connectivity index (χ4v) is 0.982. The lowest BCUT2D eigenvalue weighted by Crippen LogP contribution is -2.03. The summed E-state index contributed by atoms with van der Waals surface area (Å²) in [7, 11) is 0. The summed E-state index contributed by atoms with van der Waals surface area (Å²) in [5.41, 5.74) is 0. The van der Waals surface area contributed by atoms with Crippen LogP contribution in [0.3, 0.4) is 0 Å². The van der Waals surface area contributed by atoms with Crippen LogP contribution in [0.25, 0.3) is 0 Å². The van der Waals surface area contributed by atoms with Gasteiger partial charge in [-0.2, -0.15) is 0 Å². The Bertz CT molecular complexity index is 256. The van der Waals surface area contributed by atoms with Crippen LogP contribution >= 0.6 is 12.6 Å². The standard InChI is InChI=1S/C10H12O2S/c1-2-11-7-8-12-9-3-5-10(13)6-4-9/h2-6,13H,1,7-8H2. The Balaban J connectivity index is 2.28. The van der Waals surface area contributed by atoms with Gasteiger partial charge in [-0.1, -0.05) is 6.58 Å². The van der Waals surface area contributed by atoms with E-state index in [9.17, 15) is 0 Å². The van der Waals surface area contributed by atoms with Gasteiger partial charge in [-0.15, -0.1) is 12.6 Å².